The zero-order chi connectivity index (χ0) is 35.1. The number of nitrogens with zero attached hydrogens (tertiary/aromatic N) is 2. The third-order valence-corrected chi connectivity index (χ3v) is 10.3. The number of fused-ring (bicyclic) bond motifs is 4. The SMILES string of the molecule is c1ccc(-c2cc(-c3ccc(-c4ccc5cc(-c6cc[nH]c6)ccc5c4)cc3)nc(-c3ccc(-c4cc5ccccc5c5ccccc45)cc3)n2)cc1. The fourth-order valence-corrected chi connectivity index (χ4v) is 7.51. The molecule has 0 atom stereocenters. The van der Waals surface area contributed by atoms with Gasteiger partial charge in [-0.15, -0.1) is 0 Å². The second kappa shape index (κ2) is 12.9. The van der Waals surface area contributed by atoms with Crippen molar-refractivity contribution >= 4 is 32.3 Å². The number of H-pyrrole nitrogens is 1. The second-order valence-electron chi connectivity index (χ2n) is 13.5. The third-order valence-electron chi connectivity index (χ3n) is 10.3. The molecule has 10 aromatic rings. The lowest BCUT2D eigenvalue weighted by Crippen LogP contribution is -1.96. The average Bonchev–Trinajstić information content (AvgIpc) is 3.79. The largest absolute Gasteiger partial charge is 0.367 e. The molecule has 0 aliphatic rings. The number of aromatic amines is 1. The van der Waals surface area contributed by atoms with E-state index in [1.807, 2.05) is 18.5 Å². The topological polar surface area (TPSA) is 41.6 Å². The zero-order valence-corrected chi connectivity index (χ0v) is 28.9. The van der Waals surface area contributed by atoms with Gasteiger partial charge in [0.1, 0.15) is 0 Å². The number of hydrogen-bond acceptors (Lipinski definition) is 2. The van der Waals surface area contributed by atoms with Crippen molar-refractivity contribution in [3.8, 4) is 67.3 Å². The summed E-state index contributed by atoms with van der Waals surface area (Å²) in [6.07, 6.45) is 3.99. The van der Waals surface area contributed by atoms with E-state index < -0.39 is 0 Å². The zero-order valence-electron chi connectivity index (χ0n) is 28.9. The highest BCUT2D eigenvalue weighted by molar-refractivity contribution is 6.13. The van der Waals surface area contributed by atoms with Crippen LogP contribution in [0.25, 0.3) is 99.6 Å². The molecule has 0 aliphatic carbocycles. The summed E-state index contributed by atoms with van der Waals surface area (Å²) in [6.45, 7) is 0. The molecule has 0 aliphatic heterocycles. The molecule has 0 amide bonds. The lowest BCUT2D eigenvalue weighted by molar-refractivity contribution is 1.18. The van der Waals surface area contributed by atoms with Crippen LogP contribution < -0.4 is 0 Å². The molecule has 10 rings (SSSR count). The van der Waals surface area contributed by atoms with Crippen molar-refractivity contribution < 1.29 is 0 Å². The van der Waals surface area contributed by atoms with E-state index in [4.69, 9.17) is 9.97 Å². The van der Waals surface area contributed by atoms with Crippen molar-refractivity contribution in [1.82, 2.24) is 15.0 Å². The van der Waals surface area contributed by atoms with Gasteiger partial charge in [0.25, 0.3) is 0 Å². The van der Waals surface area contributed by atoms with Gasteiger partial charge < -0.3 is 4.98 Å². The molecule has 3 nitrogen and oxygen atoms in total. The average molecular weight is 676 g/mol. The molecular formula is C50H33N3. The Balaban J connectivity index is 1.00. The molecule has 0 saturated carbocycles. The quantitative estimate of drug-likeness (QED) is 0.178. The van der Waals surface area contributed by atoms with Gasteiger partial charge in [0, 0.05) is 29.1 Å². The second-order valence-corrected chi connectivity index (χ2v) is 13.5. The maximum atomic E-state index is 5.15. The van der Waals surface area contributed by atoms with Crippen LogP contribution in [-0.4, -0.2) is 15.0 Å². The van der Waals surface area contributed by atoms with Crippen LogP contribution in [0.2, 0.25) is 0 Å². The molecule has 1 N–H and O–H groups in total. The van der Waals surface area contributed by atoms with E-state index in [1.54, 1.807) is 0 Å². The Morgan fingerprint density at radius 3 is 1.57 bits per heavy atom. The summed E-state index contributed by atoms with van der Waals surface area (Å²) in [6, 6.07) is 64.9. The lowest BCUT2D eigenvalue weighted by atomic mass is 9.93. The van der Waals surface area contributed by atoms with Crippen molar-refractivity contribution in [1.29, 1.82) is 0 Å². The van der Waals surface area contributed by atoms with Gasteiger partial charge in [0.2, 0.25) is 0 Å². The molecule has 53 heavy (non-hydrogen) atoms. The molecule has 8 aromatic carbocycles. The predicted octanol–water partition coefficient (Wildman–Crippen LogP) is 13.3. The van der Waals surface area contributed by atoms with Crippen LogP contribution in [0.5, 0.6) is 0 Å². The third kappa shape index (κ3) is 5.75. The molecule has 2 aromatic heterocycles. The van der Waals surface area contributed by atoms with E-state index in [2.05, 4.69) is 181 Å². The first-order valence-electron chi connectivity index (χ1n) is 18.0. The maximum Gasteiger partial charge on any atom is 0.160 e. The van der Waals surface area contributed by atoms with Crippen molar-refractivity contribution in [2.24, 2.45) is 0 Å². The Bertz CT molecular complexity index is 2910. The minimum Gasteiger partial charge on any atom is -0.367 e. The molecule has 0 fully saturated rings. The summed E-state index contributed by atoms with van der Waals surface area (Å²) in [5, 5.41) is 7.47. The van der Waals surface area contributed by atoms with Crippen LogP contribution in [0.3, 0.4) is 0 Å². The Hall–Kier alpha value is -7.10. The van der Waals surface area contributed by atoms with Crippen LogP contribution in [-0.2, 0) is 0 Å². The summed E-state index contributed by atoms with van der Waals surface area (Å²) in [5.41, 5.74) is 12.0. The van der Waals surface area contributed by atoms with Gasteiger partial charge in [-0.05, 0) is 96.0 Å². The summed E-state index contributed by atoms with van der Waals surface area (Å²) >= 11 is 0. The van der Waals surface area contributed by atoms with Crippen LogP contribution in [0.15, 0.2) is 194 Å². The molecule has 0 saturated heterocycles. The fourth-order valence-electron chi connectivity index (χ4n) is 7.51. The van der Waals surface area contributed by atoms with E-state index in [-0.39, 0.29) is 0 Å². The number of hydrogen-bond donors (Lipinski definition) is 1. The molecule has 0 unspecified atom stereocenters. The minimum absolute atomic E-state index is 0.703. The van der Waals surface area contributed by atoms with E-state index in [1.165, 1.54) is 65.7 Å². The highest BCUT2D eigenvalue weighted by Crippen LogP contribution is 2.36. The molecule has 2 heterocycles. The Morgan fingerprint density at radius 2 is 0.868 bits per heavy atom. The monoisotopic (exact) mass is 675 g/mol. The highest BCUT2D eigenvalue weighted by Gasteiger charge is 2.13. The number of rotatable bonds is 6. The van der Waals surface area contributed by atoms with E-state index in [9.17, 15) is 0 Å². The summed E-state index contributed by atoms with van der Waals surface area (Å²) in [7, 11) is 0. The standard InChI is InChI=1S/C50H33N3/c1-2-8-35(9-3-1)48-31-49(36-18-14-33(15-19-36)38-22-23-40-29-41(25-24-39(40)28-38)43-26-27-51-32-43)53-50(52-48)37-20-16-34(17-21-37)47-30-42-10-4-5-11-44(42)45-12-6-7-13-46(45)47/h1-32,51H. The van der Waals surface area contributed by atoms with E-state index in [0.29, 0.717) is 5.82 Å². The lowest BCUT2D eigenvalue weighted by Gasteiger charge is -2.12. The summed E-state index contributed by atoms with van der Waals surface area (Å²) in [5.74, 6) is 0.703. The number of benzene rings is 8. The fraction of sp³-hybridized carbons (Fsp3) is 0. The normalized spacial score (nSPS) is 11.4. The van der Waals surface area contributed by atoms with Gasteiger partial charge >= 0.3 is 0 Å². The first kappa shape index (κ1) is 30.7. The van der Waals surface area contributed by atoms with Crippen LogP contribution in [0, 0.1) is 0 Å². The smallest absolute Gasteiger partial charge is 0.160 e. The van der Waals surface area contributed by atoms with Crippen molar-refractivity contribution in [2.45, 2.75) is 0 Å². The Kier molecular flexibility index (Phi) is 7.47. The first-order valence-corrected chi connectivity index (χ1v) is 18.0. The first-order chi connectivity index (χ1) is 26.2. The molecule has 3 heteroatoms. The molecule has 0 spiro atoms. The van der Waals surface area contributed by atoms with Gasteiger partial charge in [-0.1, -0.05) is 152 Å². The van der Waals surface area contributed by atoms with Crippen LogP contribution in [0.4, 0.5) is 0 Å². The van der Waals surface area contributed by atoms with Crippen molar-refractivity contribution in [3.63, 3.8) is 0 Å². The number of nitrogens with one attached hydrogen (secondary N) is 1. The molecule has 248 valence electrons. The van der Waals surface area contributed by atoms with E-state index in [0.717, 1.165) is 28.1 Å². The molecular weight excluding hydrogens is 643 g/mol. The number of aromatic nitrogens is 3. The maximum absolute atomic E-state index is 5.15. The summed E-state index contributed by atoms with van der Waals surface area (Å²) in [4.78, 5) is 13.4. The minimum atomic E-state index is 0.703. The van der Waals surface area contributed by atoms with Crippen molar-refractivity contribution in [2.75, 3.05) is 0 Å². The molecule has 0 radical (unpaired) electrons. The predicted molar refractivity (Wildman–Crippen MR) is 222 cm³/mol. The Morgan fingerprint density at radius 1 is 0.321 bits per heavy atom. The van der Waals surface area contributed by atoms with Crippen LogP contribution in [0.1, 0.15) is 0 Å². The van der Waals surface area contributed by atoms with Gasteiger partial charge in [-0.25, -0.2) is 9.97 Å². The highest BCUT2D eigenvalue weighted by atomic mass is 14.9. The van der Waals surface area contributed by atoms with Gasteiger partial charge in [0.15, 0.2) is 5.82 Å². The Labute approximate surface area is 307 Å². The van der Waals surface area contributed by atoms with Crippen molar-refractivity contribution in [3.05, 3.63) is 194 Å². The van der Waals surface area contributed by atoms with E-state index >= 15 is 0 Å². The van der Waals surface area contributed by atoms with Crippen LogP contribution >= 0.6 is 0 Å². The van der Waals surface area contributed by atoms with Gasteiger partial charge in [-0.3, -0.25) is 0 Å². The summed E-state index contributed by atoms with van der Waals surface area (Å²) < 4.78 is 0. The van der Waals surface area contributed by atoms with Gasteiger partial charge in [-0.2, -0.15) is 0 Å². The van der Waals surface area contributed by atoms with Gasteiger partial charge in [0.05, 0.1) is 11.4 Å². The molecule has 0 bridgehead atoms.